The summed E-state index contributed by atoms with van der Waals surface area (Å²) in [5, 5.41) is 13.4. The lowest BCUT2D eigenvalue weighted by atomic mass is 10.3. The van der Waals surface area contributed by atoms with Gasteiger partial charge in [0.2, 0.25) is 0 Å². The Balaban J connectivity index is 2.00. The van der Waals surface area contributed by atoms with Crippen molar-refractivity contribution in [1.82, 2.24) is 10.2 Å². The van der Waals surface area contributed by atoms with E-state index < -0.39 is 0 Å². The molecule has 0 atom stereocenters. The number of carbonyl (C=O) groups is 1. The standard InChI is InChI=1S/C14H15FN4O/c1-2-9-16-13-8-7-12(18-19-13)14(20)17-11-5-3-10(15)4-6-11/h3-8H,2,9H2,1H3,(H,16,19)(H,17,20). The van der Waals surface area contributed by atoms with Crippen LogP contribution in [0.4, 0.5) is 15.9 Å². The minimum atomic E-state index is -0.383. The summed E-state index contributed by atoms with van der Waals surface area (Å²) in [5.41, 5.74) is 0.711. The van der Waals surface area contributed by atoms with Crippen LogP contribution in [0.2, 0.25) is 0 Å². The SMILES string of the molecule is CCCNc1ccc(C(=O)Nc2ccc(F)cc2)nn1. The van der Waals surface area contributed by atoms with E-state index in [1.54, 1.807) is 12.1 Å². The normalized spacial score (nSPS) is 10.1. The van der Waals surface area contributed by atoms with Crippen molar-refractivity contribution >= 4 is 17.4 Å². The minimum absolute atomic E-state index is 0.205. The number of aromatic nitrogens is 2. The second-order valence-electron chi connectivity index (χ2n) is 4.19. The summed E-state index contributed by atoms with van der Waals surface area (Å²) in [6, 6.07) is 8.81. The zero-order valence-electron chi connectivity index (χ0n) is 11.1. The number of hydrogen-bond acceptors (Lipinski definition) is 4. The van der Waals surface area contributed by atoms with Crippen molar-refractivity contribution in [3.63, 3.8) is 0 Å². The minimum Gasteiger partial charge on any atom is -0.369 e. The molecule has 0 aliphatic rings. The first kappa shape index (κ1) is 13.9. The fraction of sp³-hybridized carbons (Fsp3) is 0.214. The Morgan fingerprint density at radius 3 is 2.50 bits per heavy atom. The molecule has 0 spiro atoms. The van der Waals surface area contributed by atoms with Gasteiger partial charge in [-0.3, -0.25) is 4.79 Å². The summed E-state index contributed by atoms with van der Waals surface area (Å²) in [4.78, 5) is 11.9. The maximum Gasteiger partial charge on any atom is 0.276 e. The summed E-state index contributed by atoms with van der Waals surface area (Å²) < 4.78 is 12.8. The molecular formula is C14H15FN4O. The Labute approximate surface area is 116 Å². The molecule has 0 aliphatic heterocycles. The Bertz CT molecular complexity index is 569. The highest BCUT2D eigenvalue weighted by molar-refractivity contribution is 6.02. The second-order valence-corrected chi connectivity index (χ2v) is 4.19. The Hall–Kier alpha value is -2.50. The maximum atomic E-state index is 12.8. The molecule has 1 aromatic heterocycles. The largest absolute Gasteiger partial charge is 0.369 e. The molecule has 0 fully saturated rings. The number of rotatable bonds is 5. The Morgan fingerprint density at radius 2 is 1.90 bits per heavy atom. The fourth-order valence-corrected chi connectivity index (χ4v) is 1.53. The van der Waals surface area contributed by atoms with Gasteiger partial charge < -0.3 is 10.6 Å². The van der Waals surface area contributed by atoms with Crippen molar-refractivity contribution in [2.75, 3.05) is 17.2 Å². The highest BCUT2D eigenvalue weighted by Crippen LogP contribution is 2.10. The van der Waals surface area contributed by atoms with Gasteiger partial charge in [-0.05, 0) is 42.8 Å². The van der Waals surface area contributed by atoms with E-state index in [0.717, 1.165) is 13.0 Å². The van der Waals surface area contributed by atoms with Gasteiger partial charge in [0.05, 0.1) is 0 Å². The number of anilines is 2. The molecule has 0 aliphatic carbocycles. The molecule has 0 bridgehead atoms. The van der Waals surface area contributed by atoms with E-state index in [1.165, 1.54) is 24.3 Å². The smallest absolute Gasteiger partial charge is 0.276 e. The fourth-order valence-electron chi connectivity index (χ4n) is 1.53. The van der Waals surface area contributed by atoms with E-state index in [9.17, 15) is 9.18 Å². The van der Waals surface area contributed by atoms with Crippen LogP contribution in [0.25, 0.3) is 0 Å². The molecule has 0 radical (unpaired) electrons. The van der Waals surface area contributed by atoms with Crippen molar-refractivity contribution in [3.05, 3.63) is 47.9 Å². The molecule has 0 unspecified atom stereocenters. The van der Waals surface area contributed by atoms with Gasteiger partial charge in [0.15, 0.2) is 5.69 Å². The summed E-state index contributed by atoms with van der Waals surface area (Å²) >= 11 is 0. The molecule has 104 valence electrons. The van der Waals surface area contributed by atoms with Crippen LogP contribution >= 0.6 is 0 Å². The first-order valence-corrected chi connectivity index (χ1v) is 6.33. The third-order valence-corrected chi connectivity index (χ3v) is 2.56. The number of nitrogens with one attached hydrogen (secondary N) is 2. The van der Waals surface area contributed by atoms with Crippen molar-refractivity contribution < 1.29 is 9.18 Å². The van der Waals surface area contributed by atoms with Crippen LogP contribution in [0.15, 0.2) is 36.4 Å². The van der Waals surface area contributed by atoms with Gasteiger partial charge in [-0.1, -0.05) is 6.92 Å². The number of nitrogens with zero attached hydrogens (tertiary/aromatic N) is 2. The number of amides is 1. The van der Waals surface area contributed by atoms with Gasteiger partial charge in [-0.2, -0.15) is 0 Å². The van der Waals surface area contributed by atoms with Gasteiger partial charge in [0.1, 0.15) is 11.6 Å². The topological polar surface area (TPSA) is 66.9 Å². The summed E-state index contributed by atoms with van der Waals surface area (Å²) in [6.45, 7) is 2.85. The zero-order chi connectivity index (χ0) is 14.4. The number of halogens is 1. The van der Waals surface area contributed by atoms with Crippen LogP contribution in [0.5, 0.6) is 0 Å². The number of hydrogen-bond donors (Lipinski definition) is 2. The third-order valence-electron chi connectivity index (χ3n) is 2.56. The maximum absolute atomic E-state index is 12.8. The molecule has 5 nitrogen and oxygen atoms in total. The third kappa shape index (κ3) is 3.74. The molecule has 1 amide bonds. The van der Waals surface area contributed by atoms with Crippen LogP contribution in [0.3, 0.4) is 0 Å². The van der Waals surface area contributed by atoms with E-state index in [1.807, 2.05) is 6.92 Å². The molecule has 1 heterocycles. The molecule has 6 heteroatoms. The summed E-state index contributed by atoms with van der Waals surface area (Å²) in [5.74, 6) is -0.106. The van der Waals surface area contributed by atoms with Gasteiger partial charge in [0.25, 0.3) is 5.91 Å². The first-order valence-electron chi connectivity index (χ1n) is 6.33. The van der Waals surface area contributed by atoms with Crippen LogP contribution in [0.1, 0.15) is 23.8 Å². The van der Waals surface area contributed by atoms with E-state index in [-0.39, 0.29) is 17.4 Å². The van der Waals surface area contributed by atoms with Crippen molar-refractivity contribution in [1.29, 1.82) is 0 Å². The van der Waals surface area contributed by atoms with Crippen molar-refractivity contribution in [2.24, 2.45) is 0 Å². The highest BCUT2D eigenvalue weighted by atomic mass is 19.1. The summed E-state index contributed by atoms with van der Waals surface area (Å²) in [7, 11) is 0. The quantitative estimate of drug-likeness (QED) is 0.879. The average molecular weight is 274 g/mol. The predicted octanol–water partition coefficient (Wildman–Crippen LogP) is 2.69. The second kappa shape index (κ2) is 6.60. The van der Waals surface area contributed by atoms with E-state index in [2.05, 4.69) is 20.8 Å². The Kier molecular flexibility index (Phi) is 4.60. The number of benzene rings is 1. The van der Waals surface area contributed by atoms with Crippen molar-refractivity contribution in [3.8, 4) is 0 Å². The molecule has 0 saturated carbocycles. The molecule has 0 saturated heterocycles. The highest BCUT2D eigenvalue weighted by Gasteiger charge is 2.08. The predicted molar refractivity (Wildman–Crippen MR) is 75.2 cm³/mol. The molecule has 2 rings (SSSR count). The van der Waals surface area contributed by atoms with E-state index in [4.69, 9.17) is 0 Å². The summed E-state index contributed by atoms with van der Waals surface area (Å²) in [6.07, 6.45) is 0.981. The van der Waals surface area contributed by atoms with Crippen LogP contribution in [0, 0.1) is 5.82 Å². The van der Waals surface area contributed by atoms with E-state index >= 15 is 0 Å². The van der Waals surface area contributed by atoms with Gasteiger partial charge >= 0.3 is 0 Å². The van der Waals surface area contributed by atoms with Crippen LogP contribution in [-0.4, -0.2) is 22.6 Å². The lowest BCUT2D eigenvalue weighted by Crippen LogP contribution is -2.15. The lowest BCUT2D eigenvalue weighted by Gasteiger charge is -2.05. The van der Waals surface area contributed by atoms with E-state index in [0.29, 0.717) is 11.5 Å². The van der Waals surface area contributed by atoms with Crippen LogP contribution in [-0.2, 0) is 0 Å². The first-order chi connectivity index (χ1) is 9.69. The zero-order valence-corrected chi connectivity index (χ0v) is 11.1. The molecule has 20 heavy (non-hydrogen) atoms. The molecule has 2 aromatic rings. The van der Waals surface area contributed by atoms with Gasteiger partial charge in [-0.15, -0.1) is 10.2 Å². The molecule has 2 N–H and O–H groups in total. The molecular weight excluding hydrogens is 259 g/mol. The molecule has 1 aromatic carbocycles. The average Bonchev–Trinajstić information content (AvgIpc) is 2.48. The van der Waals surface area contributed by atoms with Gasteiger partial charge in [-0.25, -0.2) is 4.39 Å². The van der Waals surface area contributed by atoms with Gasteiger partial charge in [0, 0.05) is 12.2 Å². The van der Waals surface area contributed by atoms with Crippen LogP contribution < -0.4 is 10.6 Å². The lowest BCUT2D eigenvalue weighted by molar-refractivity contribution is 0.102. The number of carbonyl (C=O) groups excluding carboxylic acids is 1. The monoisotopic (exact) mass is 274 g/mol. The van der Waals surface area contributed by atoms with Crippen molar-refractivity contribution in [2.45, 2.75) is 13.3 Å². The Morgan fingerprint density at radius 1 is 1.15 bits per heavy atom.